The van der Waals surface area contributed by atoms with E-state index < -0.39 is 5.97 Å². The first kappa shape index (κ1) is 20.2. The third kappa shape index (κ3) is 4.86. The summed E-state index contributed by atoms with van der Waals surface area (Å²) in [5, 5.41) is 17.9. The summed E-state index contributed by atoms with van der Waals surface area (Å²) in [6.07, 6.45) is 4.08. The standard InChI is InChI=1S/C16H20N4O4S.CH2O2/c21-14(3-12-6-19-1-2-25-16(19)17-12)20-5-11-4-18(8-15(22)23)7-13(20)10-24-9-11;2-1-3/h1-2,6,11,13H,3-5,7-10H2,(H,22,23);1H,(H,2,3)/t11-,13-;/m0./s1. The highest BCUT2D eigenvalue weighted by Crippen LogP contribution is 2.21. The molecule has 2 bridgehead atoms. The van der Waals surface area contributed by atoms with Gasteiger partial charge in [0.05, 0.1) is 37.9 Å². The fraction of sp³-hybridized carbons (Fsp3) is 0.529. The number of carbonyl (C=O) groups excluding carboxylic acids is 1. The third-order valence-corrected chi connectivity index (χ3v) is 5.47. The van der Waals surface area contributed by atoms with Gasteiger partial charge in [0.2, 0.25) is 5.91 Å². The number of amides is 1. The highest BCUT2D eigenvalue weighted by atomic mass is 32.1. The summed E-state index contributed by atoms with van der Waals surface area (Å²) in [7, 11) is 0. The third-order valence-electron chi connectivity index (χ3n) is 4.70. The first-order chi connectivity index (χ1) is 13.5. The molecular weight excluding hydrogens is 388 g/mol. The van der Waals surface area contributed by atoms with E-state index in [2.05, 4.69) is 4.98 Å². The zero-order chi connectivity index (χ0) is 20.1. The number of hydrogen-bond acceptors (Lipinski definition) is 7. The second-order valence-electron chi connectivity index (χ2n) is 6.80. The van der Waals surface area contributed by atoms with Gasteiger partial charge in [0, 0.05) is 43.3 Å². The Hall–Kier alpha value is -2.50. The van der Waals surface area contributed by atoms with Crippen molar-refractivity contribution < 1.29 is 29.3 Å². The van der Waals surface area contributed by atoms with E-state index >= 15 is 0 Å². The van der Waals surface area contributed by atoms with Crippen LogP contribution in [0.4, 0.5) is 0 Å². The molecule has 0 unspecified atom stereocenters. The maximum absolute atomic E-state index is 12.9. The number of fused-ring (bicyclic) bond motifs is 4. The SMILES string of the molecule is O=C(O)CN1C[C@@H]2COC[C@H](C1)N(C(=O)Cc1cn3ccsc3n1)C2.O=CO. The van der Waals surface area contributed by atoms with E-state index in [9.17, 15) is 9.59 Å². The molecule has 152 valence electrons. The lowest BCUT2D eigenvalue weighted by Gasteiger charge is -2.30. The van der Waals surface area contributed by atoms with Gasteiger partial charge in [-0.05, 0) is 0 Å². The van der Waals surface area contributed by atoms with Gasteiger partial charge < -0.3 is 19.8 Å². The van der Waals surface area contributed by atoms with Crippen LogP contribution in [0.25, 0.3) is 4.96 Å². The van der Waals surface area contributed by atoms with E-state index in [1.165, 1.54) is 0 Å². The van der Waals surface area contributed by atoms with Crippen LogP contribution in [0.15, 0.2) is 17.8 Å². The van der Waals surface area contributed by atoms with Crippen molar-refractivity contribution >= 4 is 34.6 Å². The molecule has 28 heavy (non-hydrogen) atoms. The molecule has 10 nitrogen and oxygen atoms in total. The molecule has 2 aliphatic heterocycles. The molecule has 4 heterocycles. The van der Waals surface area contributed by atoms with Crippen LogP contribution in [0.2, 0.25) is 0 Å². The van der Waals surface area contributed by atoms with Crippen molar-refractivity contribution in [2.45, 2.75) is 12.5 Å². The molecule has 2 aromatic heterocycles. The summed E-state index contributed by atoms with van der Waals surface area (Å²) in [5.74, 6) is -0.665. The molecule has 0 radical (unpaired) electrons. The number of thiazole rings is 1. The number of hydrogen-bond donors (Lipinski definition) is 2. The number of carboxylic acids is 1. The van der Waals surface area contributed by atoms with Crippen LogP contribution < -0.4 is 0 Å². The number of aromatic nitrogens is 2. The van der Waals surface area contributed by atoms with Crippen molar-refractivity contribution in [3.63, 3.8) is 0 Å². The van der Waals surface area contributed by atoms with Crippen LogP contribution in [-0.4, -0.2) is 93.2 Å². The first-order valence-corrected chi connectivity index (χ1v) is 9.68. The van der Waals surface area contributed by atoms with Crippen molar-refractivity contribution in [1.29, 1.82) is 0 Å². The van der Waals surface area contributed by atoms with Gasteiger partial charge in [-0.15, -0.1) is 11.3 Å². The van der Waals surface area contributed by atoms with E-state index in [-0.39, 0.29) is 37.3 Å². The maximum atomic E-state index is 12.9. The zero-order valence-electron chi connectivity index (χ0n) is 15.1. The maximum Gasteiger partial charge on any atom is 0.317 e. The normalized spacial score (nSPS) is 22.2. The van der Waals surface area contributed by atoms with Gasteiger partial charge in [-0.2, -0.15) is 0 Å². The van der Waals surface area contributed by atoms with E-state index in [4.69, 9.17) is 19.7 Å². The molecule has 2 aromatic rings. The minimum absolute atomic E-state index is 0.00630. The summed E-state index contributed by atoms with van der Waals surface area (Å²) < 4.78 is 7.62. The van der Waals surface area contributed by atoms with Crippen molar-refractivity contribution in [2.75, 3.05) is 39.4 Å². The summed E-state index contributed by atoms with van der Waals surface area (Å²) in [5.41, 5.74) is 0.763. The van der Waals surface area contributed by atoms with Gasteiger partial charge in [0.1, 0.15) is 0 Å². The molecular formula is C17H22N4O6S. The van der Waals surface area contributed by atoms with E-state index in [1.54, 1.807) is 11.3 Å². The fourth-order valence-corrected chi connectivity index (χ4v) is 4.40. The van der Waals surface area contributed by atoms with Gasteiger partial charge in [-0.3, -0.25) is 23.7 Å². The number of ether oxygens (including phenoxy) is 1. The number of aliphatic carboxylic acids is 1. The highest BCUT2D eigenvalue weighted by molar-refractivity contribution is 7.15. The molecule has 2 atom stereocenters. The Bertz CT molecular complexity index is 808. The highest BCUT2D eigenvalue weighted by Gasteiger charge is 2.36. The zero-order valence-corrected chi connectivity index (χ0v) is 16.0. The van der Waals surface area contributed by atoms with E-state index in [0.29, 0.717) is 32.8 Å². The monoisotopic (exact) mass is 410 g/mol. The number of imidazole rings is 1. The number of nitrogens with zero attached hydrogens (tertiary/aromatic N) is 4. The minimum atomic E-state index is -0.836. The van der Waals surface area contributed by atoms with Crippen LogP contribution in [0.3, 0.4) is 0 Å². The topological polar surface area (TPSA) is 125 Å². The second-order valence-corrected chi connectivity index (χ2v) is 7.67. The Kier molecular flexibility index (Phi) is 6.60. The Labute approximate surface area is 164 Å². The fourth-order valence-electron chi connectivity index (χ4n) is 3.68. The van der Waals surface area contributed by atoms with Crippen molar-refractivity contribution in [3.05, 3.63) is 23.5 Å². The average Bonchev–Trinajstić information content (AvgIpc) is 3.06. The first-order valence-electron chi connectivity index (χ1n) is 8.80. The van der Waals surface area contributed by atoms with Crippen LogP contribution in [0, 0.1) is 5.92 Å². The quantitative estimate of drug-likeness (QED) is 0.669. The molecule has 2 aliphatic rings. The Balaban J connectivity index is 0.000000706. The summed E-state index contributed by atoms with van der Waals surface area (Å²) in [4.78, 5) is 41.4. The van der Waals surface area contributed by atoms with Gasteiger partial charge in [-0.1, -0.05) is 0 Å². The molecule has 0 aliphatic carbocycles. The number of rotatable bonds is 4. The Morgan fingerprint density at radius 1 is 1.32 bits per heavy atom. The largest absolute Gasteiger partial charge is 0.483 e. The van der Waals surface area contributed by atoms with Gasteiger partial charge in [0.15, 0.2) is 4.96 Å². The van der Waals surface area contributed by atoms with Gasteiger partial charge in [0.25, 0.3) is 6.47 Å². The molecule has 2 N–H and O–H groups in total. The lowest BCUT2D eigenvalue weighted by molar-refractivity contribution is -0.138. The molecule has 2 fully saturated rings. The second kappa shape index (κ2) is 9.13. The summed E-state index contributed by atoms with van der Waals surface area (Å²) in [6, 6.07) is -0.108. The van der Waals surface area contributed by atoms with Crippen LogP contribution in [0.5, 0.6) is 0 Å². The van der Waals surface area contributed by atoms with Crippen LogP contribution >= 0.6 is 11.3 Å². The van der Waals surface area contributed by atoms with Gasteiger partial charge in [-0.25, -0.2) is 4.98 Å². The van der Waals surface area contributed by atoms with Crippen molar-refractivity contribution in [3.8, 4) is 0 Å². The lowest BCUT2D eigenvalue weighted by atomic mass is 10.1. The molecule has 11 heteroatoms. The molecule has 0 saturated carbocycles. The van der Waals surface area contributed by atoms with Crippen molar-refractivity contribution in [1.82, 2.24) is 19.2 Å². The predicted molar refractivity (Wildman–Crippen MR) is 99.4 cm³/mol. The Morgan fingerprint density at radius 2 is 2.11 bits per heavy atom. The smallest absolute Gasteiger partial charge is 0.317 e. The molecule has 1 amide bonds. The lowest BCUT2D eigenvalue weighted by Crippen LogP contribution is -2.47. The molecule has 4 rings (SSSR count). The minimum Gasteiger partial charge on any atom is -0.483 e. The van der Waals surface area contributed by atoms with E-state index in [1.807, 2.05) is 32.0 Å². The Morgan fingerprint density at radius 3 is 2.82 bits per heavy atom. The van der Waals surface area contributed by atoms with Gasteiger partial charge >= 0.3 is 5.97 Å². The van der Waals surface area contributed by atoms with Crippen LogP contribution in [0.1, 0.15) is 5.69 Å². The molecule has 2 saturated heterocycles. The number of carboxylic acid groups (broad SMARTS) is 2. The van der Waals surface area contributed by atoms with E-state index in [0.717, 1.165) is 10.7 Å². The number of carbonyl (C=O) groups is 3. The van der Waals surface area contributed by atoms with Crippen LogP contribution in [-0.2, 0) is 25.5 Å². The summed E-state index contributed by atoms with van der Waals surface area (Å²) >= 11 is 1.54. The molecule has 0 aromatic carbocycles. The summed E-state index contributed by atoms with van der Waals surface area (Å²) in [6.45, 7) is 2.57. The average molecular weight is 410 g/mol. The predicted octanol–water partition coefficient (Wildman–Crippen LogP) is -0.117. The molecule has 0 spiro atoms. The van der Waals surface area contributed by atoms with Crippen molar-refractivity contribution in [2.24, 2.45) is 5.92 Å².